The number of nitriles is 2. The fraction of sp³-hybridized carbons (Fsp3) is 0.0952. The van der Waals surface area contributed by atoms with E-state index in [1.54, 1.807) is 42.6 Å². The van der Waals surface area contributed by atoms with Crippen LogP contribution >= 0.6 is 0 Å². The van der Waals surface area contributed by atoms with E-state index in [2.05, 4.69) is 32.4 Å². The number of H-pyrrole nitrogens is 1. The molecule has 0 aliphatic heterocycles. The standard InChI is InChI=1S/C21H15N7O/c1-12-7-15(10-23)8-13(2)18(12)28-19-17(26-21(28)29)11-24-20(27-19)25-16-5-3-14(9-22)4-6-16/h3-8,11H,1-2H3,(H,26,29)(H,24,25,27). The zero-order valence-corrected chi connectivity index (χ0v) is 15.7. The van der Waals surface area contributed by atoms with Crippen LogP contribution in [-0.4, -0.2) is 19.5 Å². The van der Waals surface area contributed by atoms with Crippen molar-refractivity contribution in [2.75, 3.05) is 5.32 Å². The number of aromatic amines is 1. The first-order chi connectivity index (χ1) is 14.0. The molecule has 8 nitrogen and oxygen atoms in total. The maximum absolute atomic E-state index is 12.7. The summed E-state index contributed by atoms with van der Waals surface area (Å²) in [5.41, 5.74) is 4.69. The summed E-state index contributed by atoms with van der Waals surface area (Å²) in [6.07, 6.45) is 1.54. The smallest absolute Gasteiger partial charge is 0.324 e. The third-order valence-corrected chi connectivity index (χ3v) is 4.54. The molecule has 0 saturated carbocycles. The number of benzene rings is 2. The van der Waals surface area contributed by atoms with Crippen molar-refractivity contribution in [1.29, 1.82) is 10.5 Å². The van der Waals surface area contributed by atoms with Crippen LogP contribution in [0.5, 0.6) is 0 Å². The summed E-state index contributed by atoms with van der Waals surface area (Å²) in [4.78, 5) is 24.2. The number of hydrogen-bond donors (Lipinski definition) is 2. The molecule has 4 rings (SSSR count). The van der Waals surface area contributed by atoms with Crippen molar-refractivity contribution < 1.29 is 0 Å². The van der Waals surface area contributed by atoms with Crippen LogP contribution in [-0.2, 0) is 0 Å². The van der Waals surface area contributed by atoms with Gasteiger partial charge in [0.15, 0.2) is 5.65 Å². The van der Waals surface area contributed by atoms with Crippen LogP contribution in [0.3, 0.4) is 0 Å². The molecule has 8 heteroatoms. The van der Waals surface area contributed by atoms with Crippen molar-refractivity contribution in [1.82, 2.24) is 19.5 Å². The van der Waals surface area contributed by atoms with E-state index in [4.69, 9.17) is 5.26 Å². The molecule has 0 unspecified atom stereocenters. The topological polar surface area (TPSA) is 123 Å². The van der Waals surface area contributed by atoms with Gasteiger partial charge >= 0.3 is 5.69 Å². The predicted octanol–water partition coefficient (Wildman–Crippen LogP) is 3.21. The lowest BCUT2D eigenvalue weighted by Gasteiger charge is -2.12. The predicted molar refractivity (Wildman–Crippen MR) is 108 cm³/mol. The molecule has 0 spiro atoms. The van der Waals surface area contributed by atoms with E-state index in [0.29, 0.717) is 33.9 Å². The molecule has 140 valence electrons. The van der Waals surface area contributed by atoms with E-state index in [-0.39, 0.29) is 5.69 Å². The first-order valence-electron chi connectivity index (χ1n) is 8.77. The van der Waals surface area contributed by atoms with Crippen molar-refractivity contribution in [3.63, 3.8) is 0 Å². The van der Waals surface area contributed by atoms with Crippen LogP contribution in [0.2, 0.25) is 0 Å². The number of aromatic nitrogens is 4. The highest BCUT2D eigenvalue weighted by molar-refractivity contribution is 5.75. The summed E-state index contributed by atoms with van der Waals surface area (Å²) in [6, 6.07) is 14.6. The van der Waals surface area contributed by atoms with Crippen molar-refractivity contribution in [3.05, 3.63) is 75.3 Å². The highest BCUT2D eigenvalue weighted by Gasteiger charge is 2.16. The van der Waals surface area contributed by atoms with Gasteiger partial charge in [0.25, 0.3) is 0 Å². The van der Waals surface area contributed by atoms with Crippen LogP contribution in [0.4, 0.5) is 11.6 Å². The number of hydrogen-bond acceptors (Lipinski definition) is 6. The minimum atomic E-state index is -0.333. The van der Waals surface area contributed by atoms with Crippen LogP contribution < -0.4 is 11.0 Å². The first kappa shape index (κ1) is 18.0. The molecule has 0 bridgehead atoms. The lowest BCUT2D eigenvalue weighted by Crippen LogP contribution is -2.17. The molecule has 2 N–H and O–H groups in total. The van der Waals surface area contributed by atoms with E-state index in [1.165, 1.54) is 4.57 Å². The van der Waals surface area contributed by atoms with Gasteiger partial charge in [0.1, 0.15) is 5.52 Å². The third-order valence-electron chi connectivity index (χ3n) is 4.54. The van der Waals surface area contributed by atoms with Crippen LogP contribution in [0.25, 0.3) is 16.9 Å². The minimum Gasteiger partial charge on any atom is -0.324 e. The van der Waals surface area contributed by atoms with Gasteiger partial charge in [-0.3, -0.25) is 0 Å². The normalized spacial score (nSPS) is 10.5. The molecule has 0 fully saturated rings. The summed E-state index contributed by atoms with van der Waals surface area (Å²) < 4.78 is 1.49. The summed E-state index contributed by atoms with van der Waals surface area (Å²) in [6.45, 7) is 3.71. The second-order valence-electron chi connectivity index (χ2n) is 6.58. The Balaban J connectivity index is 1.83. The zero-order chi connectivity index (χ0) is 20.5. The number of rotatable bonds is 3. The summed E-state index contributed by atoms with van der Waals surface area (Å²) in [5, 5.41) is 21.2. The van der Waals surface area contributed by atoms with Gasteiger partial charge in [-0.2, -0.15) is 15.5 Å². The lowest BCUT2D eigenvalue weighted by molar-refractivity contribution is 0.974. The highest BCUT2D eigenvalue weighted by Crippen LogP contribution is 2.23. The molecule has 0 atom stereocenters. The van der Waals surface area contributed by atoms with Gasteiger partial charge < -0.3 is 10.3 Å². The number of nitrogens with zero attached hydrogens (tertiary/aromatic N) is 5. The molecule has 2 aromatic heterocycles. The van der Waals surface area contributed by atoms with E-state index in [1.807, 2.05) is 13.8 Å². The SMILES string of the molecule is Cc1cc(C#N)cc(C)c1-n1c(=O)[nH]c2cnc(Nc3ccc(C#N)cc3)nc21. The van der Waals surface area contributed by atoms with Crippen molar-refractivity contribution in [3.8, 4) is 17.8 Å². The monoisotopic (exact) mass is 381 g/mol. The Morgan fingerprint density at radius 2 is 1.69 bits per heavy atom. The Bertz CT molecular complexity index is 1360. The molecule has 2 aromatic carbocycles. The van der Waals surface area contributed by atoms with Gasteiger partial charge in [0.05, 0.1) is 35.1 Å². The number of imidazole rings is 1. The maximum atomic E-state index is 12.7. The minimum absolute atomic E-state index is 0.318. The van der Waals surface area contributed by atoms with Crippen LogP contribution in [0, 0.1) is 36.5 Å². The first-order valence-corrected chi connectivity index (χ1v) is 8.77. The Labute approximate surface area is 165 Å². The Kier molecular flexibility index (Phi) is 4.30. The quantitative estimate of drug-likeness (QED) is 0.562. The summed E-state index contributed by atoms with van der Waals surface area (Å²) in [7, 11) is 0. The van der Waals surface area contributed by atoms with Gasteiger partial charge in [0.2, 0.25) is 5.95 Å². The van der Waals surface area contributed by atoms with Gasteiger partial charge in [-0.25, -0.2) is 14.3 Å². The van der Waals surface area contributed by atoms with E-state index in [9.17, 15) is 10.1 Å². The molecule has 0 aliphatic carbocycles. The molecule has 2 heterocycles. The third kappa shape index (κ3) is 3.20. The number of anilines is 2. The van der Waals surface area contributed by atoms with Crippen molar-refractivity contribution >= 4 is 22.8 Å². The van der Waals surface area contributed by atoms with Gasteiger partial charge in [-0.05, 0) is 61.4 Å². The fourth-order valence-electron chi connectivity index (χ4n) is 3.30. The Morgan fingerprint density at radius 3 is 2.31 bits per heavy atom. The van der Waals surface area contributed by atoms with E-state index >= 15 is 0 Å². The molecule has 0 saturated heterocycles. The lowest BCUT2D eigenvalue weighted by atomic mass is 10.0. The molecule has 0 amide bonds. The average Bonchev–Trinajstić information content (AvgIpc) is 3.03. The average molecular weight is 381 g/mol. The number of aryl methyl sites for hydroxylation is 2. The molecule has 4 aromatic rings. The van der Waals surface area contributed by atoms with Crippen LogP contribution in [0.1, 0.15) is 22.3 Å². The maximum Gasteiger partial charge on any atom is 0.332 e. The Morgan fingerprint density at radius 1 is 1.03 bits per heavy atom. The highest BCUT2D eigenvalue weighted by atomic mass is 16.1. The molecule has 29 heavy (non-hydrogen) atoms. The molecular formula is C21H15N7O. The van der Waals surface area contributed by atoms with Crippen molar-refractivity contribution in [2.24, 2.45) is 0 Å². The largest absolute Gasteiger partial charge is 0.332 e. The second kappa shape index (κ2) is 6.95. The number of fused-ring (bicyclic) bond motifs is 1. The van der Waals surface area contributed by atoms with Gasteiger partial charge in [-0.15, -0.1) is 0 Å². The molecule has 0 aliphatic rings. The second-order valence-corrected chi connectivity index (χ2v) is 6.58. The van der Waals surface area contributed by atoms with Gasteiger partial charge in [0, 0.05) is 5.69 Å². The molecular weight excluding hydrogens is 366 g/mol. The van der Waals surface area contributed by atoms with E-state index in [0.717, 1.165) is 16.8 Å². The Hall–Kier alpha value is -4.43. The number of nitrogens with one attached hydrogen (secondary N) is 2. The summed E-state index contributed by atoms with van der Waals surface area (Å²) >= 11 is 0. The fourth-order valence-corrected chi connectivity index (χ4v) is 3.30. The molecule has 0 radical (unpaired) electrons. The van der Waals surface area contributed by atoms with E-state index < -0.39 is 0 Å². The van der Waals surface area contributed by atoms with Crippen molar-refractivity contribution in [2.45, 2.75) is 13.8 Å². The van der Waals surface area contributed by atoms with Gasteiger partial charge in [-0.1, -0.05) is 0 Å². The summed E-state index contributed by atoms with van der Waals surface area (Å²) in [5.74, 6) is 0.318. The van der Waals surface area contributed by atoms with Crippen LogP contribution in [0.15, 0.2) is 47.4 Å². The zero-order valence-electron chi connectivity index (χ0n) is 15.7.